The second-order valence-corrected chi connectivity index (χ2v) is 9.20. The first-order valence-corrected chi connectivity index (χ1v) is 12.6. The third-order valence-electron chi connectivity index (χ3n) is 5.23. The van der Waals surface area contributed by atoms with Gasteiger partial charge in [0.1, 0.15) is 6.61 Å². The Labute approximate surface area is 224 Å². The fraction of sp³-hybridized carbons (Fsp3) is 0.107. The summed E-state index contributed by atoms with van der Waals surface area (Å²) < 4.78 is 10.9. The minimum absolute atomic E-state index is 0.298. The molecule has 0 saturated heterocycles. The van der Waals surface area contributed by atoms with E-state index < -0.39 is 0 Å². The van der Waals surface area contributed by atoms with E-state index in [1.165, 1.54) is 30.2 Å². The summed E-state index contributed by atoms with van der Waals surface area (Å²) in [4.78, 5) is 17.2. The molecule has 7 nitrogen and oxygen atoms in total. The third kappa shape index (κ3) is 6.75. The Bertz CT molecular complexity index is 1420. The molecule has 9 heteroatoms. The lowest BCUT2D eigenvalue weighted by Gasteiger charge is -2.11. The zero-order valence-corrected chi connectivity index (χ0v) is 21.9. The molecule has 3 aromatic carbocycles. The van der Waals surface area contributed by atoms with E-state index in [-0.39, 0.29) is 5.91 Å². The average molecular weight is 533 g/mol. The maximum absolute atomic E-state index is 12.5. The number of nitrogens with one attached hydrogen (secondary N) is 2. The Balaban J connectivity index is 1.37. The minimum atomic E-state index is -0.341. The second-order valence-electron chi connectivity index (χ2n) is 7.94. The van der Waals surface area contributed by atoms with E-state index in [1.54, 1.807) is 30.3 Å². The van der Waals surface area contributed by atoms with Gasteiger partial charge < -0.3 is 14.8 Å². The van der Waals surface area contributed by atoms with Gasteiger partial charge in [-0.3, -0.25) is 4.79 Å². The highest BCUT2D eigenvalue weighted by Gasteiger charge is 2.12. The molecule has 1 heterocycles. The molecule has 4 rings (SSSR count). The largest absolute Gasteiger partial charge is 0.493 e. The molecule has 0 atom stereocenters. The van der Waals surface area contributed by atoms with Gasteiger partial charge in [0, 0.05) is 22.2 Å². The zero-order valence-electron chi connectivity index (χ0n) is 20.3. The molecule has 0 aliphatic rings. The maximum Gasteiger partial charge on any atom is 0.271 e. The first-order chi connectivity index (χ1) is 18.0. The first kappa shape index (κ1) is 25.9. The molecule has 0 aliphatic heterocycles. The highest BCUT2D eigenvalue weighted by Crippen LogP contribution is 2.36. The molecule has 37 heavy (non-hydrogen) atoms. The van der Waals surface area contributed by atoms with Gasteiger partial charge in [-0.2, -0.15) is 5.10 Å². The maximum atomic E-state index is 12.5. The smallest absolute Gasteiger partial charge is 0.271 e. The number of aryl methyl sites for hydroxylation is 1. The number of hydrogen-bond donors (Lipinski definition) is 2. The van der Waals surface area contributed by atoms with Crippen LogP contribution in [0.5, 0.6) is 11.5 Å². The number of halogens is 1. The molecule has 4 aromatic rings. The topological polar surface area (TPSA) is 84.8 Å². The lowest BCUT2D eigenvalue weighted by Crippen LogP contribution is -2.17. The van der Waals surface area contributed by atoms with Crippen molar-refractivity contribution in [2.45, 2.75) is 6.92 Å². The summed E-state index contributed by atoms with van der Waals surface area (Å²) in [5, 5.41) is 10.5. The van der Waals surface area contributed by atoms with E-state index in [0.717, 1.165) is 22.1 Å². The van der Waals surface area contributed by atoms with E-state index in [9.17, 15) is 4.79 Å². The van der Waals surface area contributed by atoms with Crippen molar-refractivity contribution in [2.75, 3.05) is 19.0 Å². The summed E-state index contributed by atoms with van der Waals surface area (Å²) in [6.45, 7) is 5.97. The number of carbonyl (C=O) groups is 1. The Kier molecular flexibility index (Phi) is 8.56. The Morgan fingerprint density at radius 2 is 1.92 bits per heavy atom. The van der Waals surface area contributed by atoms with E-state index in [2.05, 4.69) is 34.3 Å². The van der Waals surface area contributed by atoms with Crippen LogP contribution in [0, 0.1) is 6.92 Å². The summed E-state index contributed by atoms with van der Waals surface area (Å²) in [5.41, 5.74) is 7.56. The second kappa shape index (κ2) is 12.2. The number of carbonyl (C=O) groups excluding carboxylic acids is 1. The number of ether oxygens (including phenoxy) is 2. The zero-order chi connectivity index (χ0) is 26.2. The summed E-state index contributed by atoms with van der Waals surface area (Å²) >= 11 is 7.82. The van der Waals surface area contributed by atoms with Gasteiger partial charge in [-0.15, -0.1) is 11.3 Å². The van der Waals surface area contributed by atoms with Crippen molar-refractivity contribution in [3.05, 3.63) is 100 Å². The number of anilines is 2. The molecule has 0 saturated carbocycles. The van der Waals surface area contributed by atoms with Gasteiger partial charge in [-0.1, -0.05) is 54.1 Å². The molecule has 0 aliphatic carbocycles. The summed E-state index contributed by atoms with van der Waals surface area (Å²) in [6, 6.07) is 18.7. The van der Waals surface area contributed by atoms with Crippen molar-refractivity contribution >= 4 is 45.9 Å². The fourth-order valence-electron chi connectivity index (χ4n) is 3.34. The molecule has 1 amide bonds. The number of aromatic nitrogens is 1. The van der Waals surface area contributed by atoms with Crippen LogP contribution in [0.25, 0.3) is 11.3 Å². The Morgan fingerprint density at radius 3 is 2.62 bits per heavy atom. The number of rotatable bonds is 10. The van der Waals surface area contributed by atoms with Crippen molar-refractivity contribution in [1.82, 2.24) is 10.4 Å². The van der Waals surface area contributed by atoms with E-state index in [4.69, 9.17) is 21.1 Å². The van der Waals surface area contributed by atoms with Crippen LogP contribution < -0.4 is 20.2 Å². The third-order valence-corrected chi connectivity index (χ3v) is 6.27. The van der Waals surface area contributed by atoms with Crippen molar-refractivity contribution in [1.29, 1.82) is 0 Å². The van der Waals surface area contributed by atoms with Crippen molar-refractivity contribution < 1.29 is 14.3 Å². The minimum Gasteiger partial charge on any atom is -0.493 e. The van der Waals surface area contributed by atoms with Crippen LogP contribution in [0.1, 0.15) is 21.5 Å². The number of hydrogen-bond acceptors (Lipinski definition) is 7. The van der Waals surface area contributed by atoms with Gasteiger partial charge in [0.2, 0.25) is 0 Å². The van der Waals surface area contributed by atoms with Crippen LogP contribution in [-0.4, -0.2) is 30.8 Å². The van der Waals surface area contributed by atoms with E-state index in [1.807, 2.05) is 41.8 Å². The molecular weight excluding hydrogens is 508 g/mol. The predicted molar refractivity (Wildman–Crippen MR) is 151 cm³/mol. The van der Waals surface area contributed by atoms with Gasteiger partial charge in [-0.05, 0) is 48.9 Å². The number of nitrogens with zero attached hydrogens (tertiary/aromatic N) is 2. The number of methoxy groups -OCH3 is 1. The normalized spacial score (nSPS) is 10.8. The van der Waals surface area contributed by atoms with Gasteiger partial charge in [0.05, 0.1) is 24.0 Å². The number of thiazole rings is 1. The van der Waals surface area contributed by atoms with Crippen LogP contribution in [0.4, 0.5) is 10.8 Å². The van der Waals surface area contributed by atoms with Crippen molar-refractivity contribution in [3.8, 4) is 22.8 Å². The lowest BCUT2D eigenvalue weighted by atomic mass is 10.1. The highest BCUT2D eigenvalue weighted by atomic mass is 35.5. The molecule has 188 valence electrons. The molecule has 2 N–H and O–H groups in total. The van der Waals surface area contributed by atoms with Crippen LogP contribution in [0.2, 0.25) is 5.02 Å². The molecule has 0 spiro atoms. The summed E-state index contributed by atoms with van der Waals surface area (Å²) in [6.07, 6.45) is 3.10. The molecule has 0 radical (unpaired) electrons. The average Bonchev–Trinajstić information content (AvgIpc) is 3.37. The number of amides is 1. The molecule has 0 fully saturated rings. The summed E-state index contributed by atoms with van der Waals surface area (Å²) in [7, 11) is 1.52. The van der Waals surface area contributed by atoms with Gasteiger partial charge in [0.15, 0.2) is 16.6 Å². The Morgan fingerprint density at radius 1 is 1.16 bits per heavy atom. The van der Waals surface area contributed by atoms with Crippen LogP contribution in [-0.2, 0) is 0 Å². The van der Waals surface area contributed by atoms with Crippen molar-refractivity contribution in [3.63, 3.8) is 0 Å². The van der Waals surface area contributed by atoms with Crippen LogP contribution in [0.3, 0.4) is 0 Å². The van der Waals surface area contributed by atoms with E-state index >= 15 is 0 Å². The number of hydrazone groups is 1. The van der Waals surface area contributed by atoms with Gasteiger partial charge >= 0.3 is 0 Å². The van der Waals surface area contributed by atoms with Crippen LogP contribution >= 0.6 is 22.9 Å². The standard InChI is InChI=1S/C28H25ClN4O3S/c1-4-13-36-26-23(29)14-19(15-25(26)35-3)16-30-33-27(34)21-9-7-20(8-10-21)24-17-37-28(32-24)31-22-11-5-18(2)6-12-22/h4-12,14-17H,1,13H2,2-3H3,(H,31,32)(H,33,34)/b30-16-. The monoisotopic (exact) mass is 532 g/mol. The molecule has 1 aromatic heterocycles. The predicted octanol–water partition coefficient (Wildman–Crippen LogP) is 6.85. The number of benzene rings is 3. The van der Waals surface area contributed by atoms with Crippen LogP contribution in [0.15, 0.2) is 83.8 Å². The van der Waals surface area contributed by atoms with E-state index in [0.29, 0.717) is 34.3 Å². The highest BCUT2D eigenvalue weighted by molar-refractivity contribution is 7.14. The molecule has 0 unspecified atom stereocenters. The molecule has 0 bridgehead atoms. The first-order valence-electron chi connectivity index (χ1n) is 11.3. The molecular formula is C28H25ClN4O3S. The fourth-order valence-corrected chi connectivity index (χ4v) is 4.36. The quantitative estimate of drug-likeness (QED) is 0.132. The summed E-state index contributed by atoms with van der Waals surface area (Å²) in [5.74, 6) is 0.535. The van der Waals surface area contributed by atoms with Gasteiger partial charge in [-0.25, -0.2) is 10.4 Å². The van der Waals surface area contributed by atoms with Crippen molar-refractivity contribution in [2.24, 2.45) is 5.10 Å². The van der Waals surface area contributed by atoms with Gasteiger partial charge in [0.25, 0.3) is 5.91 Å². The Hall–Kier alpha value is -4.14. The SMILES string of the molecule is C=CCOc1c(Cl)cc(/C=N\NC(=O)c2ccc(-c3csc(Nc4ccc(C)cc4)n3)cc2)cc1OC. The lowest BCUT2D eigenvalue weighted by molar-refractivity contribution is 0.0955.